The molecule has 0 amide bonds. The SMILES string of the molecule is Oc1cccc(Oc2nc(-c3cncnc3)cnc2NC[C@@H]2CCCN2)c1. The highest BCUT2D eigenvalue weighted by Crippen LogP contribution is 2.30. The first-order chi connectivity index (χ1) is 13.3. The van der Waals surface area contributed by atoms with E-state index >= 15 is 0 Å². The summed E-state index contributed by atoms with van der Waals surface area (Å²) in [6.07, 6.45) is 8.78. The molecular weight excluding hydrogens is 344 g/mol. The highest BCUT2D eigenvalue weighted by atomic mass is 16.5. The van der Waals surface area contributed by atoms with Gasteiger partial charge in [-0.1, -0.05) is 6.07 Å². The molecule has 138 valence electrons. The lowest BCUT2D eigenvalue weighted by molar-refractivity contribution is 0.445. The minimum atomic E-state index is 0.123. The molecule has 0 saturated carbocycles. The number of anilines is 1. The third-order valence-corrected chi connectivity index (χ3v) is 4.31. The van der Waals surface area contributed by atoms with Crippen molar-refractivity contribution in [1.82, 2.24) is 25.3 Å². The molecule has 0 bridgehead atoms. The number of phenols is 1. The van der Waals surface area contributed by atoms with Gasteiger partial charge < -0.3 is 20.5 Å². The number of ether oxygens (including phenoxy) is 1. The molecular formula is C19H20N6O2. The number of aromatic nitrogens is 4. The van der Waals surface area contributed by atoms with Gasteiger partial charge in [0.1, 0.15) is 17.8 Å². The van der Waals surface area contributed by atoms with E-state index in [2.05, 4.69) is 30.6 Å². The van der Waals surface area contributed by atoms with E-state index in [1.165, 1.54) is 18.8 Å². The Labute approximate surface area is 156 Å². The summed E-state index contributed by atoms with van der Waals surface area (Å²) in [5.41, 5.74) is 1.35. The monoisotopic (exact) mass is 364 g/mol. The van der Waals surface area contributed by atoms with Crippen LogP contribution in [0.3, 0.4) is 0 Å². The molecule has 1 aliphatic rings. The molecule has 1 fully saturated rings. The Kier molecular flexibility index (Phi) is 5.06. The summed E-state index contributed by atoms with van der Waals surface area (Å²) >= 11 is 0. The summed E-state index contributed by atoms with van der Waals surface area (Å²) in [5.74, 6) is 1.48. The van der Waals surface area contributed by atoms with E-state index in [1.807, 2.05) is 0 Å². The van der Waals surface area contributed by atoms with E-state index < -0.39 is 0 Å². The van der Waals surface area contributed by atoms with Crippen LogP contribution in [0.4, 0.5) is 5.82 Å². The van der Waals surface area contributed by atoms with Crippen molar-refractivity contribution in [2.24, 2.45) is 0 Å². The maximum Gasteiger partial charge on any atom is 0.263 e. The maximum absolute atomic E-state index is 9.68. The molecule has 1 saturated heterocycles. The molecule has 0 radical (unpaired) electrons. The normalized spacial score (nSPS) is 16.2. The highest BCUT2D eigenvalue weighted by Gasteiger charge is 2.17. The number of phenolic OH excluding ortho intramolecular Hbond substituents is 1. The van der Waals surface area contributed by atoms with Crippen LogP contribution in [0.1, 0.15) is 12.8 Å². The number of rotatable bonds is 6. The predicted octanol–water partition coefficient (Wildman–Crippen LogP) is 2.60. The van der Waals surface area contributed by atoms with Crippen molar-refractivity contribution in [2.45, 2.75) is 18.9 Å². The number of aromatic hydroxyl groups is 1. The lowest BCUT2D eigenvalue weighted by Crippen LogP contribution is -2.29. The van der Waals surface area contributed by atoms with Crippen molar-refractivity contribution in [2.75, 3.05) is 18.4 Å². The Morgan fingerprint density at radius 2 is 2.11 bits per heavy atom. The minimum absolute atomic E-state index is 0.123. The molecule has 3 heterocycles. The number of hydrogen-bond acceptors (Lipinski definition) is 8. The number of nitrogens with zero attached hydrogens (tertiary/aromatic N) is 4. The van der Waals surface area contributed by atoms with Crippen LogP contribution in [0.15, 0.2) is 49.2 Å². The van der Waals surface area contributed by atoms with Crippen LogP contribution in [0.25, 0.3) is 11.3 Å². The van der Waals surface area contributed by atoms with Gasteiger partial charge in [0.2, 0.25) is 0 Å². The van der Waals surface area contributed by atoms with Gasteiger partial charge in [-0.25, -0.2) is 19.9 Å². The smallest absolute Gasteiger partial charge is 0.263 e. The second-order valence-corrected chi connectivity index (χ2v) is 6.31. The summed E-state index contributed by atoms with van der Waals surface area (Å²) in [5, 5.41) is 16.4. The largest absolute Gasteiger partial charge is 0.508 e. The zero-order valence-electron chi connectivity index (χ0n) is 14.7. The van der Waals surface area contributed by atoms with Crippen LogP contribution in [0.2, 0.25) is 0 Å². The Hall–Kier alpha value is -3.26. The van der Waals surface area contributed by atoms with Crippen LogP contribution in [-0.2, 0) is 0 Å². The second-order valence-electron chi connectivity index (χ2n) is 6.31. The van der Waals surface area contributed by atoms with E-state index in [-0.39, 0.29) is 5.75 Å². The zero-order valence-corrected chi connectivity index (χ0v) is 14.7. The zero-order chi connectivity index (χ0) is 18.5. The van der Waals surface area contributed by atoms with Crippen LogP contribution in [-0.4, -0.2) is 44.2 Å². The van der Waals surface area contributed by atoms with Gasteiger partial charge in [-0.2, -0.15) is 0 Å². The van der Waals surface area contributed by atoms with Gasteiger partial charge in [-0.05, 0) is 31.5 Å². The Balaban J connectivity index is 1.62. The van der Waals surface area contributed by atoms with Crippen molar-refractivity contribution in [3.05, 3.63) is 49.2 Å². The quantitative estimate of drug-likeness (QED) is 0.613. The molecule has 3 N–H and O–H groups in total. The molecule has 4 rings (SSSR count). The van der Waals surface area contributed by atoms with Gasteiger partial charge in [0, 0.05) is 36.6 Å². The molecule has 0 spiro atoms. The van der Waals surface area contributed by atoms with Gasteiger partial charge in [-0.15, -0.1) is 0 Å². The lowest BCUT2D eigenvalue weighted by atomic mass is 10.2. The predicted molar refractivity (Wildman–Crippen MR) is 101 cm³/mol. The van der Waals surface area contributed by atoms with Gasteiger partial charge >= 0.3 is 0 Å². The summed E-state index contributed by atoms with van der Waals surface area (Å²) < 4.78 is 5.91. The Morgan fingerprint density at radius 1 is 1.22 bits per heavy atom. The van der Waals surface area contributed by atoms with Crippen molar-refractivity contribution in [3.63, 3.8) is 0 Å². The average Bonchev–Trinajstić information content (AvgIpc) is 3.21. The van der Waals surface area contributed by atoms with Crippen molar-refractivity contribution in [1.29, 1.82) is 0 Å². The van der Waals surface area contributed by atoms with E-state index in [9.17, 15) is 5.11 Å². The molecule has 1 aliphatic heterocycles. The first kappa shape index (κ1) is 17.2. The first-order valence-corrected chi connectivity index (χ1v) is 8.84. The van der Waals surface area contributed by atoms with E-state index in [1.54, 1.807) is 36.8 Å². The standard InChI is InChI=1S/C19H20N6O2/c26-15-4-1-5-16(7-15)27-19-18(23-10-14-3-2-6-22-14)24-11-17(25-19)13-8-20-12-21-9-13/h1,4-5,7-9,11-12,14,22,26H,2-3,6,10H2,(H,23,24)/t14-/m0/s1. The fourth-order valence-electron chi connectivity index (χ4n) is 2.94. The van der Waals surface area contributed by atoms with Gasteiger partial charge in [-0.3, -0.25) is 0 Å². The van der Waals surface area contributed by atoms with Gasteiger partial charge in [0.15, 0.2) is 5.82 Å². The van der Waals surface area contributed by atoms with Crippen LogP contribution >= 0.6 is 0 Å². The Morgan fingerprint density at radius 3 is 2.89 bits per heavy atom. The Bertz CT molecular complexity index is 900. The molecule has 8 nitrogen and oxygen atoms in total. The third kappa shape index (κ3) is 4.29. The van der Waals surface area contributed by atoms with E-state index in [4.69, 9.17) is 4.74 Å². The topological polar surface area (TPSA) is 105 Å². The van der Waals surface area contributed by atoms with Crippen molar-refractivity contribution in [3.8, 4) is 28.6 Å². The van der Waals surface area contributed by atoms with Crippen molar-refractivity contribution < 1.29 is 9.84 Å². The van der Waals surface area contributed by atoms with Crippen LogP contribution < -0.4 is 15.4 Å². The van der Waals surface area contributed by atoms with Gasteiger partial charge in [0.05, 0.1) is 11.9 Å². The second kappa shape index (κ2) is 7.96. The molecule has 1 aromatic carbocycles. The minimum Gasteiger partial charge on any atom is -0.508 e. The number of hydrogen-bond donors (Lipinski definition) is 3. The van der Waals surface area contributed by atoms with Crippen LogP contribution in [0, 0.1) is 0 Å². The van der Waals surface area contributed by atoms with Crippen LogP contribution in [0.5, 0.6) is 17.4 Å². The van der Waals surface area contributed by atoms with E-state index in [0.717, 1.165) is 25.1 Å². The average molecular weight is 364 g/mol. The molecule has 0 unspecified atom stereocenters. The summed E-state index contributed by atoms with van der Waals surface area (Å²) in [4.78, 5) is 17.1. The highest BCUT2D eigenvalue weighted by molar-refractivity contribution is 5.60. The summed E-state index contributed by atoms with van der Waals surface area (Å²) in [6.45, 7) is 1.77. The molecule has 27 heavy (non-hydrogen) atoms. The number of benzene rings is 1. The molecule has 3 aromatic rings. The molecule has 8 heteroatoms. The molecule has 0 aliphatic carbocycles. The van der Waals surface area contributed by atoms with Gasteiger partial charge in [0.25, 0.3) is 5.88 Å². The molecule has 2 aromatic heterocycles. The summed E-state index contributed by atoms with van der Waals surface area (Å²) in [7, 11) is 0. The fourth-order valence-corrected chi connectivity index (χ4v) is 2.94. The fraction of sp³-hybridized carbons (Fsp3) is 0.263. The lowest BCUT2D eigenvalue weighted by Gasteiger charge is -2.15. The summed E-state index contributed by atoms with van der Waals surface area (Å²) in [6, 6.07) is 6.98. The van der Waals surface area contributed by atoms with Crippen molar-refractivity contribution >= 4 is 5.82 Å². The number of nitrogens with one attached hydrogen (secondary N) is 2. The first-order valence-electron chi connectivity index (χ1n) is 8.84. The maximum atomic E-state index is 9.68. The molecule has 1 atom stereocenters. The van der Waals surface area contributed by atoms with E-state index in [0.29, 0.717) is 29.2 Å². The third-order valence-electron chi connectivity index (χ3n) is 4.31.